The normalized spacial score (nSPS) is 15.4. The molecule has 2 aromatic carbocycles. The SMILES string of the molecule is CC(Nc1cccc2c1CCCC2)c1c(F)cccc1F. The number of nitrogens with one attached hydrogen (secondary N) is 1. The van der Waals surface area contributed by atoms with Gasteiger partial charge in [-0.1, -0.05) is 18.2 Å². The highest BCUT2D eigenvalue weighted by molar-refractivity contribution is 5.56. The number of benzene rings is 2. The molecule has 110 valence electrons. The molecule has 0 spiro atoms. The van der Waals surface area contributed by atoms with Gasteiger partial charge in [-0.05, 0) is 61.9 Å². The molecule has 1 N–H and O–H groups in total. The van der Waals surface area contributed by atoms with Crippen LogP contribution in [-0.2, 0) is 12.8 Å². The van der Waals surface area contributed by atoms with Crippen molar-refractivity contribution in [2.24, 2.45) is 0 Å². The standard InChI is InChI=1S/C18H19F2N/c1-12(18-15(19)9-5-10-16(18)20)21-17-11-4-7-13-6-2-3-8-14(13)17/h4-5,7,9-12,21H,2-3,6,8H2,1H3. The quantitative estimate of drug-likeness (QED) is 0.836. The highest BCUT2D eigenvalue weighted by atomic mass is 19.1. The summed E-state index contributed by atoms with van der Waals surface area (Å²) in [6, 6.07) is 9.75. The Bertz CT molecular complexity index is 631. The Labute approximate surface area is 124 Å². The first-order chi connectivity index (χ1) is 10.2. The molecular formula is C18H19F2N. The first-order valence-electron chi connectivity index (χ1n) is 7.48. The van der Waals surface area contributed by atoms with Gasteiger partial charge in [-0.25, -0.2) is 8.78 Å². The Kier molecular flexibility index (Phi) is 3.91. The van der Waals surface area contributed by atoms with E-state index < -0.39 is 17.7 Å². The van der Waals surface area contributed by atoms with E-state index in [1.807, 2.05) is 12.1 Å². The molecule has 1 atom stereocenters. The average Bonchev–Trinajstić information content (AvgIpc) is 2.47. The van der Waals surface area contributed by atoms with E-state index in [9.17, 15) is 8.78 Å². The lowest BCUT2D eigenvalue weighted by molar-refractivity contribution is 0.544. The molecule has 1 nitrogen and oxygen atoms in total. The van der Waals surface area contributed by atoms with Crippen molar-refractivity contribution in [2.45, 2.75) is 38.6 Å². The molecule has 1 aliphatic carbocycles. The van der Waals surface area contributed by atoms with Gasteiger partial charge in [0.1, 0.15) is 11.6 Å². The fourth-order valence-electron chi connectivity index (χ4n) is 3.15. The molecule has 0 amide bonds. The van der Waals surface area contributed by atoms with Gasteiger partial charge in [0.2, 0.25) is 0 Å². The molecule has 3 rings (SSSR count). The van der Waals surface area contributed by atoms with Gasteiger partial charge in [0.25, 0.3) is 0 Å². The maximum Gasteiger partial charge on any atom is 0.131 e. The van der Waals surface area contributed by atoms with Crippen LogP contribution in [0.1, 0.15) is 42.5 Å². The van der Waals surface area contributed by atoms with Gasteiger partial charge >= 0.3 is 0 Å². The van der Waals surface area contributed by atoms with Crippen molar-refractivity contribution in [3.8, 4) is 0 Å². The molecule has 1 aliphatic rings. The van der Waals surface area contributed by atoms with Gasteiger partial charge in [0.15, 0.2) is 0 Å². The molecule has 0 saturated heterocycles. The van der Waals surface area contributed by atoms with Crippen LogP contribution in [0.4, 0.5) is 14.5 Å². The summed E-state index contributed by atoms with van der Waals surface area (Å²) in [6.07, 6.45) is 4.51. The largest absolute Gasteiger partial charge is 0.378 e. The zero-order valence-electron chi connectivity index (χ0n) is 12.1. The Morgan fingerprint density at radius 2 is 1.62 bits per heavy atom. The predicted octanol–water partition coefficient (Wildman–Crippen LogP) is 5.02. The summed E-state index contributed by atoms with van der Waals surface area (Å²) >= 11 is 0. The molecule has 0 aromatic heterocycles. The topological polar surface area (TPSA) is 12.0 Å². The van der Waals surface area contributed by atoms with Crippen LogP contribution < -0.4 is 5.32 Å². The molecule has 0 bridgehead atoms. The molecule has 0 fully saturated rings. The highest BCUT2D eigenvalue weighted by Crippen LogP contribution is 2.31. The molecule has 1 unspecified atom stereocenters. The maximum atomic E-state index is 13.9. The molecule has 0 heterocycles. The van der Waals surface area contributed by atoms with Crippen molar-refractivity contribution in [1.82, 2.24) is 0 Å². The van der Waals surface area contributed by atoms with Crippen LogP contribution in [-0.4, -0.2) is 0 Å². The number of halogens is 2. The van der Waals surface area contributed by atoms with Crippen molar-refractivity contribution in [2.75, 3.05) is 5.32 Å². The van der Waals surface area contributed by atoms with Crippen molar-refractivity contribution in [3.63, 3.8) is 0 Å². The third kappa shape index (κ3) is 2.78. The van der Waals surface area contributed by atoms with Crippen LogP contribution in [0.25, 0.3) is 0 Å². The lowest BCUT2D eigenvalue weighted by atomic mass is 9.90. The lowest BCUT2D eigenvalue weighted by Crippen LogP contribution is -2.14. The van der Waals surface area contributed by atoms with E-state index >= 15 is 0 Å². The van der Waals surface area contributed by atoms with Crippen LogP contribution in [0.15, 0.2) is 36.4 Å². The first-order valence-corrected chi connectivity index (χ1v) is 7.48. The first kappa shape index (κ1) is 14.1. The third-order valence-corrected chi connectivity index (χ3v) is 4.20. The fourth-order valence-corrected chi connectivity index (χ4v) is 3.15. The Hall–Kier alpha value is -1.90. The second-order valence-electron chi connectivity index (χ2n) is 5.65. The number of rotatable bonds is 3. The molecular weight excluding hydrogens is 268 g/mol. The van der Waals surface area contributed by atoms with Crippen molar-refractivity contribution >= 4 is 5.69 Å². The Balaban J connectivity index is 1.90. The summed E-state index contributed by atoms with van der Waals surface area (Å²) in [6.45, 7) is 1.80. The summed E-state index contributed by atoms with van der Waals surface area (Å²) in [5.74, 6) is -1.00. The third-order valence-electron chi connectivity index (χ3n) is 4.20. The second kappa shape index (κ2) is 5.84. The zero-order valence-corrected chi connectivity index (χ0v) is 12.1. The lowest BCUT2D eigenvalue weighted by Gasteiger charge is -2.23. The van der Waals surface area contributed by atoms with Crippen LogP contribution in [0.5, 0.6) is 0 Å². The van der Waals surface area contributed by atoms with Crippen molar-refractivity contribution in [1.29, 1.82) is 0 Å². The van der Waals surface area contributed by atoms with Gasteiger partial charge in [-0.3, -0.25) is 0 Å². The van der Waals surface area contributed by atoms with Gasteiger partial charge in [-0.15, -0.1) is 0 Å². The molecule has 3 heteroatoms. The summed E-state index contributed by atoms with van der Waals surface area (Å²) in [4.78, 5) is 0. The van der Waals surface area contributed by atoms with Gasteiger partial charge in [0.05, 0.1) is 6.04 Å². The summed E-state index contributed by atoms with van der Waals surface area (Å²) in [5.41, 5.74) is 3.76. The van der Waals surface area contributed by atoms with E-state index in [0.717, 1.165) is 18.5 Å². The predicted molar refractivity (Wildman–Crippen MR) is 81.5 cm³/mol. The van der Waals surface area contributed by atoms with E-state index in [-0.39, 0.29) is 5.56 Å². The van der Waals surface area contributed by atoms with Crippen molar-refractivity contribution in [3.05, 3.63) is 64.7 Å². The summed E-state index contributed by atoms with van der Waals surface area (Å²) in [5, 5.41) is 3.29. The number of fused-ring (bicyclic) bond motifs is 1. The van der Waals surface area contributed by atoms with Crippen LogP contribution in [0.2, 0.25) is 0 Å². The minimum atomic E-state index is -0.500. The van der Waals surface area contributed by atoms with Crippen molar-refractivity contribution < 1.29 is 8.78 Å². The Morgan fingerprint density at radius 3 is 2.38 bits per heavy atom. The summed E-state index contributed by atoms with van der Waals surface area (Å²) < 4.78 is 27.7. The number of anilines is 1. The number of hydrogen-bond donors (Lipinski definition) is 1. The van der Waals surface area contributed by atoms with Gasteiger partial charge < -0.3 is 5.32 Å². The second-order valence-corrected chi connectivity index (χ2v) is 5.65. The minimum Gasteiger partial charge on any atom is -0.378 e. The van der Waals surface area contributed by atoms with E-state index in [2.05, 4.69) is 11.4 Å². The van der Waals surface area contributed by atoms with E-state index in [4.69, 9.17) is 0 Å². The van der Waals surface area contributed by atoms with Crippen LogP contribution in [0.3, 0.4) is 0 Å². The summed E-state index contributed by atoms with van der Waals surface area (Å²) in [7, 11) is 0. The molecule has 21 heavy (non-hydrogen) atoms. The highest BCUT2D eigenvalue weighted by Gasteiger charge is 2.18. The fraction of sp³-hybridized carbons (Fsp3) is 0.333. The zero-order chi connectivity index (χ0) is 14.8. The Morgan fingerprint density at radius 1 is 0.952 bits per heavy atom. The van der Waals surface area contributed by atoms with Gasteiger partial charge in [0, 0.05) is 11.3 Å². The molecule has 0 radical (unpaired) electrons. The number of aryl methyl sites for hydroxylation is 1. The van der Waals surface area contributed by atoms with Crippen LogP contribution in [0, 0.1) is 11.6 Å². The molecule has 0 aliphatic heterocycles. The van der Waals surface area contributed by atoms with E-state index in [0.29, 0.717) is 0 Å². The average molecular weight is 287 g/mol. The van der Waals surface area contributed by atoms with Gasteiger partial charge in [-0.2, -0.15) is 0 Å². The maximum absolute atomic E-state index is 13.9. The molecule has 0 saturated carbocycles. The van der Waals surface area contributed by atoms with E-state index in [1.165, 1.54) is 42.2 Å². The number of hydrogen-bond acceptors (Lipinski definition) is 1. The smallest absolute Gasteiger partial charge is 0.131 e. The van der Waals surface area contributed by atoms with E-state index in [1.54, 1.807) is 6.92 Å². The van der Waals surface area contributed by atoms with Crippen LogP contribution >= 0.6 is 0 Å². The molecule has 2 aromatic rings. The minimum absolute atomic E-state index is 0.103. The monoisotopic (exact) mass is 287 g/mol.